The Balaban J connectivity index is 2.39. The Labute approximate surface area is 98.8 Å². The molecule has 3 unspecified atom stereocenters. The molecule has 0 heterocycles. The van der Waals surface area contributed by atoms with E-state index in [1.165, 1.54) is 0 Å². The molecule has 2 bridgehead atoms. The van der Waals surface area contributed by atoms with Crippen molar-refractivity contribution in [3.63, 3.8) is 0 Å². The monoisotopic (exact) mass is 264 g/mol. The number of fused-ring (bicyclic) bond motifs is 1. The van der Waals surface area contributed by atoms with E-state index in [1.54, 1.807) is 0 Å². The number of carbonyl (C=O) groups excluding carboxylic acids is 2. The molecule has 3 atom stereocenters. The van der Waals surface area contributed by atoms with Crippen LogP contribution in [-0.2, 0) is 18.6 Å². The SMILES string of the molecule is CC(C)C1C2CC1(CS(=O)(=O)Cl)C(=O)C2=O. The molecular formula is C10H13ClO4S. The molecule has 3 rings (SSSR count). The normalized spacial score (nSPS) is 38.0. The van der Waals surface area contributed by atoms with E-state index in [4.69, 9.17) is 10.7 Å². The van der Waals surface area contributed by atoms with Crippen LogP contribution in [0.5, 0.6) is 0 Å². The summed E-state index contributed by atoms with van der Waals surface area (Å²) in [5, 5.41) is 0. The second-order valence-corrected chi connectivity index (χ2v) is 7.89. The maximum Gasteiger partial charge on any atom is 0.233 e. The molecule has 6 heteroatoms. The molecule has 3 aliphatic rings. The van der Waals surface area contributed by atoms with Crippen LogP contribution in [0.3, 0.4) is 0 Å². The number of rotatable bonds is 3. The predicted molar refractivity (Wildman–Crippen MR) is 58.5 cm³/mol. The molecule has 0 aliphatic heterocycles. The van der Waals surface area contributed by atoms with E-state index in [-0.39, 0.29) is 17.8 Å². The van der Waals surface area contributed by atoms with E-state index in [0.717, 1.165) is 0 Å². The molecule has 4 nitrogen and oxygen atoms in total. The third-order valence-electron chi connectivity index (χ3n) is 3.82. The van der Waals surface area contributed by atoms with Gasteiger partial charge in [0.05, 0.1) is 11.2 Å². The van der Waals surface area contributed by atoms with Gasteiger partial charge in [0, 0.05) is 16.6 Å². The van der Waals surface area contributed by atoms with Crippen LogP contribution in [-0.4, -0.2) is 25.7 Å². The minimum atomic E-state index is -3.75. The molecule has 0 radical (unpaired) electrons. The highest BCUT2D eigenvalue weighted by Gasteiger charge is 2.71. The van der Waals surface area contributed by atoms with Crippen molar-refractivity contribution >= 4 is 31.3 Å². The Kier molecular flexibility index (Phi) is 2.48. The number of halogens is 1. The quantitative estimate of drug-likeness (QED) is 0.563. The molecule has 0 aromatic carbocycles. The molecular weight excluding hydrogens is 252 g/mol. The summed E-state index contributed by atoms with van der Waals surface area (Å²) < 4.78 is 22.3. The average molecular weight is 265 g/mol. The topological polar surface area (TPSA) is 68.3 Å². The zero-order chi connectivity index (χ0) is 12.3. The van der Waals surface area contributed by atoms with E-state index in [1.807, 2.05) is 13.8 Å². The van der Waals surface area contributed by atoms with Crippen LogP contribution in [0.25, 0.3) is 0 Å². The zero-order valence-electron chi connectivity index (χ0n) is 9.07. The fraction of sp³-hybridized carbons (Fsp3) is 0.800. The Morgan fingerprint density at radius 1 is 1.44 bits per heavy atom. The standard InChI is InChI=1S/C10H13ClO4S/c1-5(2)7-6-3-10(7,4-16(11,14)15)9(13)8(6)12/h5-7H,3-4H2,1-2H3. The summed E-state index contributed by atoms with van der Waals surface area (Å²) >= 11 is 0. The van der Waals surface area contributed by atoms with Gasteiger partial charge in [-0.3, -0.25) is 9.59 Å². The van der Waals surface area contributed by atoms with Crippen LogP contribution in [0.4, 0.5) is 0 Å². The van der Waals surface area contributed by atoms with Crippen LogP contribution in [0, 0.1) is 23.2 Å². The van der Waals surface area contributed by atoms with Crippen molar-refractivity contribution in [3.8, 4) is 0 Å². The van der Waals surface area contributed by atoms with Gasteiger partial charge < -0.3 is 0 Å². The number of hydrogen-bond donors (Lipinski definition) is 0. The second kappa shape index (κ2) is 3.29. The van der Waals surface area contributed by atoms with Gasteiger partial charge in [0.25, 0.3) is 0 Å². The molecule has 90 valence electrons. The number of carbonyl (C=O) groups is 2. The third kappa shape index (κ3) is 1.44. The van der Waals surface area contributed by atoms with E-state index in [9.17, 15) is 18.0 Å². The van der Waals surface area contributed by atoms with Crippen LogP contribution in [0.1, 0.15) is 20.3 Å². The van der Waals surface area contributed by atoms with Gasteiger partial charge in [-0.25, -0.2) is 8.42 Å². The summed E-state index contributed by atoms with van der Waals surface area (Å²) in [7, 11) is 1.47. The van der Waals surface area contributed by atoms with Gasteiger partial charge in [-0.1, -0.05) is 13.8 Å². The van der Waals surface area contributed by atoms with Crippen molar-refractivity contribution < 1.29 is 18.0 Å². The van der Waals surface area contributed by atoms with Gasteiger partial charge in [-0.05, 0) is 18.3 Å². The summed E-state index contributed by atoms with van der Waals surface area (Å²) in [6.45, 7) is 3.80. The number of hydrogen-bond acceptors (Lipinski definition) is 4. The number of Topliss-reactive ketones (excluding diaryl/α,β-unsaturated/α-hetero) is 2. The van der Waals surface area contributed by atoms with Crippen LogP contribution < -0.4 is 0 Å². The molecule has 3 aliphatic carbocycles. The molecule has 0 aromatic rings. The smallest absolute Gasteiger partial charge is 0.233 e. The Bertz CT molecular complexity index is 467. The lowest BCUT2D eigenvalue weighted by Crippen LogP contribution is -2.49. The van der Waals surface area contributed by atoms with Crippen molar-refractivity contribution in [2.45, 2.75) is 20.3 Å². The highest BCUT2D eigenvalue weighted by molar-refractivity contribution is 8.13. The van der Waals surface area contributed by atoms with Gasteiger partial charge in [0.15, 0.2) is 0 Å². The van der Waals surface area contributed by atoms with E-state index < -0.39 is 31.8 Å². The molecule has 0 N–H and O–H groups in total. The Morgan fingerprint density at radius 2 is 2.00 bits per heavy atom. The highest BCUT2D eigenvalue weighted by Crippen LogP contribution is 2.62. The summed E-state index contributed by atoms with van der Waals surface area (Å²) in [6.07, 6.45) is 0.361. The minimum absolute atomic E-state index is 0.118. The fourth-order valence-corrected chi connectivity index (χ4v) is 5.07. The molecule has 0 amide bonds. The van der Waals surface area contributed by atoms with Crippen molar-refractivity contribution in [2.24, 2.45) is 23.2 Å². The first-order chi connectivity index (χ1) is 7.19. The molecule has 0 spiro atoms. The first-order valence-electron chi connectivity index (χ1n) is 5.20. The highest BCUT2D eigenvalue weighted by atomic mass is 35.7. The Morgan fingerprint density at radius 3 is 2.38 bits per heavy atom. The fourth-order valence-electron chi connectivity index (χ4n) is 3.42. The summed E-state index contributed by atoms with van der Waals surface area (Å²) in [5.74, 6) is -1.63. The van der Waals surface area contributed by atoms with Crippen molar-refractivity contribution in [1.82, 2.24) is 0 Å². The van der Waals surface area contributed by atoms with Crippen LogP contribution in [0.15, 0.2) is 0 Å². The van der Waals surface area contributed by atoms with Crippen LogP contribution >= 0.6 is 10.7 Å². The average Bonchev–Trinajstić information content (AvgIpc) is 2.35. The van der Waals surface area contributed by atoms with Crippen molar-refractivity contribution in [3.05, 3.63) is 0 Å². The van der Waals surface area contributed by atoms with E-state index in [2.05, 4.69) is 0 Å². The lowest BCUT2D eigenvalue weighted by atomic mass is 9.57. The molecule has 16 heavy (non-hydrogen) atoms. The van der Waals surface area contributed by atoms with E-state index >= 15 is 0 Å². The van der Waals surface area contributed by atoms with Gasteiger partial charge >= 0.3 is 0 Å². The summed E-state index contributed by atoms with van der Waals surface area (Å²) in [6, 6.07) is 0. The summed E-state index contributed by atoms with van der Waals surface area (Å²) in [5.41, 5.74) is -1.02. The molecule has 0 aromatic heterocycles. The van der Waals surface area contributed by atoms with Gasteiger partial charge in [-0.2, -0.15) is 0 Å². The molecule has 3 fully saturated rings. The van der Waals surface area contributed by atoms with Crippen LogP contribution in [0.2, 0.25) is 0 Å². The maximum atomic E-state index is 11.8. The van der Waals surface area contributed by atoms with E-state index in [0.29, 0.717) is 6.42 Å². The lowest BCUT2D eigenvalue weighted by Gasteiger charge is -2.46. The number of ketones is 2. The molecule has 0 saturated heterocycles. The summed E-state index contributed by atoms with van der Waals surface area (Å²) in [4.78, 5) is 23.4. The van der Waals surface area contributed by atoms with Crippen molar-refractivity contribution in [1.29, 1.82) is 0 Å². The van der Waals surface area contributed by atoms with Gasteiger partial charge in [0.1, 0.15) is 0 Å². The Hall–Kier alpha value is -0.420. The molecule has 3 saturated carbocycles. The van der Waals surface area contributed by atoms with Gasteiger partial charge in [-0.15, -0.1) is 0 Å². The first-order valence-corrected chi connectivity index (χ1v) is 7.68. The lowest BCUT2D eigenvalue weighted by molar-refractivity contribution is -0.136. The minimum Gasteiger partial charge on any atom is -0.291 e. The second-order valence-electron chi connectivity index (χ2n) is 5.11. The largest absolute Gasteiger partial charge is 0.291 e. The van der Waals surface area contributed by atoms with Gasteiger partial charge in [0.2, 0.25) is 20.6 Å². The first kappa shape index (κ1) is 12.0. The maximum absolute atomic E-state index is 11.8. The third-order valence-corrected chi connectivity index (χ3v) is 5.00. The zero-order valence-corrected chi connectivity index (χ0v) is 10.6. The predicted octanol–water partition coefficient (Wildman–Crippen LogP) is 0.985. The van der Waals surface area contributed by atoms with Crippen molar-refractivity contribution in [2.75, 3.05) is 5.75 Å².